The Hall–Kier alpha value is -1.04. The Morgan fingerprint density at radius 1 is 1.45 bits per heavy atom. The zero-order valence-electron chi connectivity index (χ0n) is 12.2. The van der Waals surface area contributed by atoms with Crippen LogP contribution in [-0.4, -0.2) is 47.4 Å². The van der Waals surface area contributed by atoms with Gasteiger partial charge in [0.15, 0.2) is 0 Å². The molecule has 1 heterocycles. The number of benzene rings is 1. The van der Waals surface area contributed by atoms with Gasteiger partial charge in [-0.1, -0.05) is 26.0 Å². The van der Waals surface area contributed by atoms with E-state index < -0.39 is 5.60 Å². The van der Waals surface area contributed by atoms with Gasteiger partial charge in [0.05, 0.1) is 17.8 Å². The van der Waals surface area contributed by atoms with Crippen LogP contribution in [0.5, 0.6) is 0 Å². The van der Waals surface area contributed by atoms with Crippen LogP contribution in [0.2, 0.25) is 0 Å². The van der Waals surface area contributed by atoms with E-state index >= 15 is 0 Å². The third-order valence-electron chi connectivity index (χ3n) is 3.82. The Morgan fingerprint density at radius 3 is 2.70 bits per heavy atom. The van der Waals surface area contributed by atoms with Crippen LogP contribution in [0.3, 0.4) is 0 Å². The van der Waals surface area contributed by atoms with Gasteiger partial charge in [-0.15, -0.1) is 11.8 Å². The molecular formula is C15H22N2O2S. The van der Waals surface area contributed by atoms with Crippen LogP contribution in [-0.2, 0) is 4.79 Å². The van der Waals surface area contributed by atoms with Gasteiger partial charge in [0.1, 0.15) is 0 Å². The van der Waals surface area contributed by atoms with E-state index in [1.54, 1.807) is 11.8 Å². The fourth-order valence-electron chi connectivity index (χ4n) is 2.35. The molecule has 1 fully saturated rings. The second-order valence-electron chi connectivity index (χ2n) is 5.65. The van der Waals surface area contributed by atoms with Crippen LogP contribution in [0, 0.1) is 5.92 Å². The fourth-order valence-corrected chi connectivity index (χ4v) is 2.90. The van der Waals surface area contributed by atoms with E-state index in [1.165, 1.54) is 0 Å². The number of amides is 1. The summed E-state index contributed by atoms with van der Waals surface area (Å²) in [7, 11) is 0. The molecule has 0 bridgehead atoms. The van der Waals surface area contributed by atoms with Crippen molar-refractivity contribution in [1.82, 2.24) is 4.90 Å². The van der Waals surface area contributed by atoms with Gasteiger partial charge in [0.25, 0.3) is 0 Å². The molecule has 5 heteroatoms. The normalized spacial score (nSPS) is 17.9. The van der Waals surface area contributed by atoms with Crippen molar-refractivity contribution in [3.63, 3.8) is 0 Å². The predicted octanol–water partition coefficient (Wildman–Crippen LogP) is 2.05. The number of hydrogen-bond donors (Lipinski definition) is 2. The van der Waals surface area contributed by atoms with Crippen molar-refractivity contribution in [1.29, 1.82) is 0 Å². The Bertz CT molecular complexity index is 485. The van der Waals surface area contributed by atoms with Crippen molar-refractivity contribution >= 4 is 23.4 Å². The molecule has 0 unspecified atom stereocenters. The van der Waals surface area contributed by atoms with Crippen LogP contribution in [0.25, 0.3) is 0 Å². The maximum absolute atomic E-state index is 12.0. The van der Waals surface area contributed by atoms with E-state index in [2.05, 4.69) is 5.32 Å². The van der Waals surface area contributed by atoms with E-state index in [4.69, 9.17) is 0 Å². The summed E-state index contributed by atoms with van der Waals surface area (Å²) in [5.74, 6) is 0.191. The Morgan fingerprint density at radius 2 is 2.10 bits per heavy atom. The molecule has 1 aromatic rings. The van der Waals surface area contributed by atoms with Gasteiger partial charge in [0.2, 0.25) is 5.91 Å². The number of thioether (sulfide) groups is 1. The van der Waals surface area contributed by atoms with Crippen LogP contribution < -0.4 is 5.32 Å². The maximum Gasteiger partial charge on any atom is 0.238 e. The summed E-state index contributed by atoms with van der Waals surface area (Å²) in [5.41, 5.74) is 0.224. The zero-order chi connectivity index (χ0) is 14.8. The second kappa shape index (κ2) is 6.16. The van der Waals surface area contributed by atoms with Crippen molar-refractivity contribution < 1.29 is 9.90 Å². The molecule has 2 N–H and O–H groups in total. The smallest absolute Gasteiger partial charge is 0.238 e. The summed E-state index contributed by atoms with van der Waals surface area (Å²) >= 11 is 1.61. The molecule has 1 saturated heterocycles. The molecule has 1 aromatic carbocycles. The third kappa shape index (κ3) is 3.34. The van der Waals surface area contributed by atoms with E-state index in [0.29, 0.717) is 19.6 Å². The summed E-state index contributed by atoms with van der Waals surface area (Å²) in [6, 6.07) is 7.77. The Balaban J connectivity index is 1.85. The highest BCUT2D eigenvalue weighted by Gasteiger charge is 2.43. The zero-order valence-corrected chi connectivity index (χ0v) is 13.0. The lowest BCUT2D eigenvalue weighted by Gasteiger charge is -2.48. The van der Waals surface area contributed by atoms with Gasteiger partial charge in [-0.05, 0) is 24.3 Å². The number of aliphatic hydroxyl groups is 1. The van der Waals surface area contributed by atoms with E-state index in [9.17, 15) is 9.90 Å². The third-order valence-corrected chi connectivity index (χ3v) is 4.61. The summed E-state index contributed by atoms with van der Waals surface area (Å²) in [6.07, 6.45) is 1.99. The number of hydrogen-bond acceptors (Lipinski definition) is 4. The first kappa shape index (κ1) is 15.4. The molecule has 1 amide bonds. The monoisotopic (exact) mass is 294 g/mol. The summed E-state index contributed by atoms with van der Waals surface area (Å²) < 4.78 is 0. The van der Waals surface area contributed by atoms with Crippen molar-refractivity contribution in [2.24, 2.45) is 5.92 Å². The average Bonchev–Trinajstić information content (AvgIpc) is 2.37. The SMILES string of the molecule is CSc1ccccc1NC(=O)CN1CC(O)(C(C)C)C1. The molecule has 20 heavy (non-hydrogen) atoms. The van der Waals surface area contributed by atoms with E-state index in [1.807, 2.05) is 49.3 Å². The highest BCUT2D eigenvalue weighted by molar-refractivity contribution is 7.98. The number of carbonyl (C=O) groups excluding carboxylic acids is 1. The fraction of sp³-hybridized carbons (Fsp3) is 0.533. The molecule has 0 aliphatic carbocycles. The van der Waals surface area contributed by atoms with E-state index in [-0.39, 0.29) is 11.8 Å². The summed E-state index contributed by atoms with van der Waals surface area (Å²) in [6.45, 7) is 5.49. The molecule has 0 radical (unpaired) electrons. The number of carbonyl (C=O) groups is 1. The van der Waals surface area contributed by atoms with Crippen molar-refractivity contribution in [3.05, 3.63) is 24.3 Å². The molecule has 2 rings (SSSR count). The van der Waals surface area contributed by atoms with E-state index in [0.717, 1.165) is 10.6 Å². The number of β-amino-alcohol motifs (C(OH)–C–C–N with tert-alkyl or cyclic N) is 1. The first-order chi connectivity index (χ1) is 9.44. The number of rotatable bonds is 5. The maximum atomic E-state index is 12.0. The first-order valence-corrected chi connectivity index (χ1v) is 8.04. The lowest BCUT2D eigenvalue weighted by atomic mass is 9.83. The highest BCUT2D eigenvalue weighted by atomic mass is 32.2. The second-order valence-corrected chi connectivity index (χ2v) is 6.50. The Kier molecular flexibility index (Phi) is 4.73. The van der Waals surface area contributed by atoms with Gasteiger partial charge in [-0.25, -0.2) is 0 Å². The lowest BCUT2D eigenvalue weighted by Crippen LogP contribution is -2.65. The van der Waals surface area contributed by atoms with Gasteiger partial charge >= 0.3 is 0 Å². The first-order valence-electron chi connectivity index (χ1n) is 6.82. The van der Waals surface area contributed by atoms with Crippen LogP contribution in [0.4, 0.5) is 5.69 Å². The van der Waals surface area contributed by atoms with Crippen LogP contribution in [0.1, 0.15) is 13.8 Å². The van der Waals surface area contributed by atoms with Crippen LogP contribution >= 0.6 is 11.8 Å². The average molecular weight is 294 g/mol. The molecule has 1 aliphatic rings. The summed E-state index contributed by atoms with van der Waals surface area (Å²) in [4.78, 5) is 15.0. The predicted molar refractivity (Wildman–Crippen MR) is 83.1 cm³/mol. The molecule has 0 saturated carbocycles. The van der Waals surface area contributed by atoms with Crippen LogP contribution in [0.15, 0.2) is 29.2 Å². The van der Waals surface area contributed by atoms with Gasteiger partial charge in [-0.3, -0.25) is 9.69 Å². The standard InChI is InChI=1S/C15H22N2O2S/c1-11(2)15(19)9-17(10-15)8-14(18)16-12-6-4-5-7-13(12)20-3/h4-7,11,19H,8-10H2,1-3H3,(H,16,18). The number of para-hydroxylation sites is 1. The largest absolute Gasteiger partial charge is 0.387 e. The van der Waals surface area contributed by atoms with Crippen molar-refractivity contribution in [2.45, 2.75) is 24.3 Å². The molecule has 0 spiro atoms. The number of anilines is 1. The lowest BCUT2D eigenvalue weighted by molar-refractivity contribution is -0.139. The number of nitrogens with one attached hydrogen (secondary N) is 1. The topological polar surface area (TPSA) is 52.6 Å². The molecule has 110 valence electrons. The Labute approximate surface area is 124 Å². The minimum absolute atomic E-state index is 0.0303. The van der Waals surface area contributed by atoms with Gasteiger partial charge in [-0.2, -0.15) is 0 Å². The van der Waals surface area contributed by atoms with Crippen molar-refractivity contribution in [3.8, 4) is 0 Å². The van der Waals surface area contributed by atoms with Gasteiger partial charge < -0.3 is 10.4 Å². The minimum atomic E-state index is -0.628. The van der Waals surface area contributed by atoms with Crippen molar-refractivity contribution in [2.75, 3.05) is 31.2 Å². The molecule has 1 aliphatic heterocycles. The number of nitrogens with zero attached hydrogens (tertiary/aromatic N) is 1. The molecule has 4 nitrogen and oxygen atoms in total. The minimum Gasteiger partial charge on any atom is -0.387 e. The van der Waals surface area contributed by atoms with Gasteiger partial charge in [0, 0.05) is 18.0 Å². The summed E-state index contributed by atoms with van der Waals surface area (Å²) in [5, 5.41) is 13.1. The molecular weight excluding hydrogens is 272 g/mol. The molecule has 0 atom stereocenters. The number of likely N-dealkylation sites (tertiary alicyclic amines) is 1. The highest BCUT2D eigenvalue weighted by Crippen LogP contribution is 2.28. The quantitative estimate of drug-likeness (QED) is 0.816. The molecule has 0 aromatic heterocycles.